The lowest BCUT2D eigenvalue weighted by atomic mass is 10.1. The molecule has 0 aliphatic heterocycles. The van der Waals surface area contributed by atoms with Gasteiger partial charge in [-0.2, -0.15) is 0 Å². The van der Waals surface area contributed by atoms with Gasteiger partial charge in [-0.1, -0.05) is 69.8 Å². The molecule has 0 radical (unpaired) electrons. The van der Waals surface area contributed by atoms with Crippen LogP contribution in [0.25, 0.3) is 0 Å². The number of rotatable bonds is 5. The molecule has 2 aromatic carbocycles. The molecule has 1 unspecified atom stereocenters. The second-order valence-corrected chi connectivity index (χ2v) is 14.8. The van der Waals surface area contributed by atoms with Gasteiger partial charge in [0.15, 0.2) is 0 Å². The monoisotopic (exact) mass is 359 g/mol. The molecule has 0 heterocycles. The Morgan fingerprint density at radius 1 is 1.00 bits per heavy atom. The highest BCUT2D eigenvalue weighted by Gasteiger charge is 2.18. The van der Waals surface area contributed by atoms with Gasteiger partial charge in [0, 0.05) is 17.4 Å². The van der Waals surface area contributed by atoms with Gasteiger partial charge in [-0.15, -0.1) is 0 Å². The molecule has 0 saturated carbocycles. The summed E-state index contributed by atoms with van der Waals surface area (Å²) in [7, 11) is -0.902. The summed E-state index contributed by atoms with van der Waals surface area (Å²) >= 11 is 0. The minimum atomic E-state index is -1.38. The number of phenols is 1. The molecule has 0 amide bonds. The summed E-state index contributed by atoms with van der Waals surface area (Å²) in [5, 5.41) is 17.6. The molecule has 2 rings (SSSR count). The maximum absolute atomic E-state index is 10.3. The molecule has 2 aromatic rings. The Morgan fingerprint density at radius 2 is 1.67 bits per heavy atom. The van der Waals surface area contributed by atoms with E-state index in [1.807, 2.05) is 6.07 Å². The molecule has 0 bridgehead atoms. The number of aromatic hydroxyl groups is 1. The van der Waals surface area contributed by atoms with Gasteiger partial charge < -0.3 is 10.4 Å². The van der Waals surface area contributed by atoms with Crippen molar-refractivity contribution in [3.05, 3.63) is 48.0 Å². The SMILES string of the molecule is CC(C)(C)NCc1ccccc1Pc1cc([Si](C)(C)C)ccc1O. The van der Waals surface area contributed by atoms with Crippen LogP contribution in [-0.2, 0) is 6.54 Å². The smallest absolute Gasteiger partial charge is 0.123 e. The highest BCUT2D eigenvalue weighted by Crippen LogP contribution is 2.20. The summed E-state index contributed by atoms with van der Waals surface area (Å²) in [6, 6.07) is 14.7. The molecule has 130 valence electrons. The van der Waals surface area contributed by atoms with Gasteiger partial charge >= 0.3 is 0 Å². The van der Waals surface area contributed by atoms with Crippen LogP contribution in [0.15, 0.2) is 42.5 Å². The van der Waals surface area contributed by atoms with Crippen molar-refractivity contribution in [1.82, 2.24) is 5.32 Å². The number of phenolic OH excluding ortho intramolecular Hbond substituents is 1. The maximum Gasteiger partial charge on any atom is 0.123 e. The number of nitrogens with one attached hydrogen (secondary N) is 1. The molecular formula is C20H30NOPSi. The minimum Gasteiger partial charge on any atom is -0.507 e. The first kappa shape index (κ1) is 19.2. The van der Waals surface area contributed by atoms with E-state index in [0.29, 0.717) is 14.3 Å². The molecule has 24 heavy (non-hydrogen) atoms. The van der Waals surface area contributed by atoms with Gasteiger partial charge in [-0.05, 0) is 37.7 Å². The molecule has 0 spiro atoms. The van der Waals surface area contributed by atoms with Crippen molar-refractivity contribution in [3.63, 3.8) is 0 Å². The highest BCUT2D eigenvalue weighted by molar-refractivity contribution is 7.56. The molecule has 0 fully saturated rings. The van der Waals surface area contributed by atoms with Gasteiger partial charge in [0.1, 0.15) is 5.75 Å². The molecule has 2 N–H and O–H groups in total. The van der Waals surface area contributed by atoms with Crippen LogP contribution in [-0.4, -0.2) is 18.7 Å². The summed E-state index contributed by atoms with van der Waals surface area (Å²) in [5.41, 5.74) is 1.40. The summed E-state index contributed by atoms with van der Waals surface area (Å²) in [5.74, 6) is 0.411. The predicted molar refractivity (Wildman–Crippen MR) is 112 cm³/mol. The molecule has 4 heteroatoms. The third kappa shape index (κ3) is 5.44. The largest absolute Gasteiger partial charge is 0.507 e. The van der Waals surface area contributed by atoms with E-state index in [1.54, 1.807) is 0 Å². The van der Waals surface area contributed by atoms with E-state index >= 15 is 0 Å². The van der Waals surface area contributed by atoms with E-state index in [1.165, 1.54) is 16.1 Å². The Morgan fingerprint density at radius 3 is 2.29 bits per heavy atom. The first-order valence-electron chi connectivity index (χ1n) is 8.50. The lowest BCUT2D eigenvalue weighted by molar-refractivity contribution is 0.425. The van der Waals surface area contributed by atoms with E-state index < -0.39 is 8.07 Å². The summed E-state index contributed by atoms with van der Waals surface area (Å²) < 4.78 is 0. The van der Waals surface area contributed by atoms with Gasteiger partial charge in [-0.3, -0.25) is 0 Å². The zero-order chi connectivity index (χ0) is 18.0. The molecule has 1 atom stereocenters. The Hall–Kier alpha value is -1.15. The van der Waals surface area contributed by atoms with E-state index in [4.69, 9.17) is 0 Å². The minimum absolute atomic E-state index is 0.0934. The zero-order valence-corrected chi connectivity index (χ0v) is 17.7. The number of benzene rings is 2. The van der Waals surface area contributed by atoms with E-state index in [-0.39, 0.29) is 5.54 Å². The van der Waals surface area contributed by atoms with Gasteiger partial charge in [0.2, 0.25) is 0 Å². The molecule has 0 aromatic heterocycles. The third-order valence-corrected chi connectivity index (χ3v) is 7.43. The summed E-state index contributed by atoms with van der Waals surface area (Å²) in [6.45, 7) is 14.4. The predicted octanol–water partition coefficient (Wildman–Crippen LogP) is 3.45. The molecule has 0 aliphatic carbocycles. The maximum atomic E-state index is 10.3. The van der Waals surface area contributed by atoms with Crippen LogP contribution >= 0.6 is 8.58 Å². The fourth-order valence-corrected chi connectivity index (χ4v) is 4.95. The van der Waals surface area contributed by atoms with Gasteiger partial charge in [-0.25, -0.2) is 0 Å². The fourth-order valence-electron chi connectivity index (χ4n) is 2.40. The highest BCUT2D eigenvalue weighted by atomic mass is 31.1. The lowest BCUT2D eigenvalue weighted by Crippen LogP contribution is -2.39. The van der Waals surface area contributed by atoms with E-state index in [9.17, 15) is 5.11 Å². The van der Waals surface area contributed by atoms with Crippen LogP contribution in [0, 0.1) is 0 Å². The van der Waals surface area contributed by atoms with Crippen molar-refractivity contribution < 1.29 is 5.11 Å². The first-order valence-corrected chi connectivity index (χ1v) is 13.0. The van der Waals surface area contributed by atoms with Crippen molar-refractivity contribution >= 4 is 32.5 Å². The van der Waals surface area contributed by atoms with Crippen molar-refractivity contribution in [2.75, 3.05) is 0 Å². The van der Waals surface area contributed by atoms with Crippen LogP contribution in [0.2, 0.25) is 19.6 Å². The Balaban J connectivity index is 2.28. The van der Waals surface area contributed by atoms with Crippen LogP contribution in [0.4, 0.5) is 0 Å². The third-order valence-electron chi connectivity index (χ3n) is 3.96. The Labute approximate surface area is 149 Å². The second kappa shape index (κ2) is 7.39. The quantitative estimate of drug-likeness (QED) is 0.633. The van der Waals surface area contributed by atoms with E-state index in [0.717, 1.165) is 11.8 Å². The molecular weight excluding hydrogens is 329 g/mol. The normalized spacial score (nSPS) is 12.9. The van der Waals surface area contributed by atoms with Crippen molar-refractivity contribution in [1.29, 1.82) is 0 Å². The summed E-state index contributed by atoms with van der Waals surface area (Å²) in [6.07, 6.45) is 0. The Bertz CT molecular complexity index is 702. The summed E-state index contributed by atoms with van der Waals surface area (Å²) in [4.78, 5) is 0. The van der Waals surface area contributed by atoms with Crippen molar-refractivity contribution in [2.24, 2.45) is 0 Å². The number of hydrogen-bond donors (Lipinski definition) is 2. The van der Waals surface area contributed by atoms with Crippen LogP contribution in [0.5, 0.6) is 5.75 Å². The standard InChI is InChI=1S/C20H30NOPSi/c1-20(2,3)21-14-15-9-7-8-10-18(15)23-19-13-16(24(4,5)6)11-12-17(19)22/h7-13,21-23H,14H2,1-6H3. The number of hydrogen-bond acceptors (Lipinski definition) is 2. The average Bonchev–Trinajstić information content (AvgIpc) is 2.46. The topological polar surface area (TPSA) is 32.3 Å². The van der Waals surface area contributed by atoms with Gasteiger partial charge in [0.25, 0.3) is 0 Å². The average molecular weight is 360 g/mol. The molecule has 0 saturated heterocycles. The van der Waals surface area contributed by atoms with Crippen molar-refractivity contribution in [2.45, 2.75) is 52.5 Å². The van der Waals surface area contributed by atoms with E-state index in [2.05, 4.69) is 82.1 Å². The molecule has 0 aliphatic rings. The van der Waals surface area contributed by atoms with Gasteiger partial charge in [0.05, 0.1) is 8.07 Å². The van der Waals surface area contributed by atoms with Crippen LogP contribution < -0.4 is 21.1 Å². The first-order chi connectivity index (χ1) is 11.1. The Kier molecular flexibility index (Phi) is 5.90. The zero-order valence-electron chi connectivity index (χ0n) is 15.7. The molecule has 2 nitrogen and oxygen atoms in total. The van der Waals surface area contributed by atoms with Crippen LogP contribution in [0.3, 0.4) is 0 Å². The lowest BCUT2D eigenvalue weighted by Gasteiger charge is -2.22. The second-order valence-electron chi connectivity index (χ2n) is 8.37. The van der Waals surface area contributed by atoms with Crippen molar-refractivity contribution in [3.8, 4) is 5.75 Å². The van der Waals surface area contributed by atoms with Crippen LogP contribution in [0.1, 0.15) is 26.3 Å². The fraction of sp³-hybridized carbons (Fsp3) is 0.400.